The van der Waals surface area contributed by atoms with Crippen molar-refractivity contribution in [2.75, 3.05) is 5.32 Å². The molecule has 1 atom stereocenters. The number of anilines is 1. The summed E-state index contributed by atoms with van der Waals surface area (Å²) in [6, 6.07) is 0.371. The van der Waals surface area contributed by atoms with Crippen LogP contribution in [0.5, 0.6) is 0 Å². The highest BCUT2D eigenvalue weighted by molar-refractivity contribution is 9.10. The van der Waals surface area contributed by atoms with Crippen molar-refractivity contribution in [1.82, 2.24) is 9.78 Å². The van der Waals surface area contributed by atoms with Gasteiger partial charge in [-0.25, -0.2) is 4.68 Å². The van der Waals surface area contributed by atoms with Crippen molar-refractivity contribution in [2.24, 2.45) is 5.92 Å². The highest BCUT2D eigenvalue weighted by Gasteiger charge is 2.28. The summed E-state index contributed by atoms with van der Waals surface area (Å²) < 4.78 is 1.76. The minimum absolute atomic E-state index is 0.190. The summed E-state index contributed by atoms with van der Waals surface area (Å²) in [4.78, 5) is 11.9. The van der Waals surface area contributed by atoms with Crippen LogP contribution in [0.2, 0.25) is 0 Å². The molecule has 1 aromatic heterocycles. The molecule has 1 saturated carbocycles. The number of hydrogen-bond donors (Lipinski definition) is 1. The van der Waals surface area contributed by atoms with Gasteiger partial charge >= 0.3 is 0 Å². The minimum atomic E-state index is -0.198. The topological polar surface area (TPSA) is 46.9 Å². The average Bonchev–Trinajstić information content (AvgIpc) is 3.12. The molecular weight excluding hydrogens is 282 g/mol. The summed E-state index contributed by atoms with van der Waals surface area (Å²) in [5.74, 6) is 3.12. The third-order valence-corrected chi connectivity index (χ3v) is 3.70. The molecule has 1 aliphatic rings. The summed E-state index contributed by atoms with van der Waals surface area (Å²) in [5.41, 5.74) is 0.540. The number of rotatable bonds is 4. The molecule has 5 heteroatoms. The third kappa shape index (κ3) is 2.70. The first kappa shape index (κ1) is 12.2. The van der Waals surface area contributed by atoms with Gasteiger partial charge in [-0.2, -0.15) is 5.10 Å². The van der Waals surface area contributed by atoms with Crippen LogP contribution in [0.25, 0.3) is 0 Å². The summed E-state index contributed by atoms with van der Waals surface area (Å²) >= 11 is 3.29. The molecule has 0 aliphatic heterocycles. The van der Waals surface area contributed by atoms with Crippen LogP contribution >= 0.6 is 15.9 Å². The van der Waals surface area contributed by atoms with E-state index in [9.17, 15) is 4.79 Å². The van der Waals surface area contributed by atoms with Crippen molar-refractivity contribution in [3.05, 3.63) is 21.0 Å². The van der Waals surface area contributed by atoms with E-state index in [1.807, 2.05) is 0 Å². The summed E-state index contributed by atoms with van der Waals surface area (Å²) in [7, 11) is 0. The second-order valence-electron chi connectivity index (χ2n) is 4.31. The van der Waals surface area contributed by atoms with Crippen molar-refractivity contribution in [3.63, 3.8) is 0 Å². The molecule has 1 aromatic rings. The standard InChI is InChI=1S/C12H14BrN3O/c1-3-6-16-12(17)11(13)10(7-14-16)15-8(2)9-4-5-9/h1,7-9,15H,4-6H2,2H3. The maximum atomic E-state index is 11.9. The van der Waals surface area contributed by atoms with E-state index >= 15 is 0 Å². The van der Waals surface area contributed by atoms with Gasteiger partial charge in [0.15, 0.2) is 0 Å². The molecule has 0 radical (unpaired) electrons. The van der Waals surface area contributed by atoms with Crippen LogP contribution in [0.15, 0.2) is 15.5 Å². The Balaban J connectivity index is 2.21. The monoisotopic (exact) mass is 295 g/mol. The molecule has 1 fully saturated rings. The van der Waals surface area contributed by atoms with E-state index in [1.165, 1.54) is 17.5 Å². The Labute approximate surface area is 109 Å². The van der Waals surface area contributed by atoms with Crippen LogP contribution in [-0.4, -0.2) is 15.8 Å². The van der Waals surface area contributed by atoms with Gasteiger partial charge in [0, 0.05) is 6.04 Å². The first-order valence-corrected chi connectivity index (χ1v) is 6.38. The zero-order chi connectivity index (χ0) is 12.4. The Bertz CT molecular complexity index is 513. The van der Waals surface area contributed by atoms with E-state index < -0.39 is 0 Å². The van der Waals surface area contributed by atoms with Gasteiger partial charge in [-0.3, -0.25) is 4.79 Å². The molecule has 1 unspecified atom stereocenters. The third-order valence-electron chi connectivity index (χ3n) is 2.94. The first-order chi connectivity index (χ1) is 8.13. The normalized spacial score (nSPS) is 16.3. The highest BCUT2D eigenvalue weighted by Crippen LogP contribution is 2.34. The van der Waals surface area contributed by atoms with E-state index in [-0.39, 0.29) is 12.1 Å². The second-order valence-corrected chi connectivity index (χ2v) is 5.10. The van der Waals surface area contributed by atoms with Crippen molar-refractivity contribution in [2.45, 2.75) is 32.4 Å². The lowest BCUT2D eigenvalue weighted by Gasteiger charge is -2.15. The summed E-state index contributed by atoms with van der Waals surface area (Å²) in [5, 5.41) is 7.34. The Morgan fingerprint density at radius 1 is 1.76 bits per heavy atom. The number of nitrogens with one attached hydrogen (secondary N) is 1. The molecule has 0 saturated heterocycles. The van der Waals surface area contributed by atoms with Gasteiger partial charge in [0.05, 0.1) is 11.9 Å². The molecule has 0 amide bonds. The van der Waals surface area contributed by atoms with Crippen LogP contribution < -0.4 is 10.9 Å². The molecule has 90 valence electrons. The van der Waals surface area contributed by atoms with Gasteiger partial charge < -0.3 is 5.32 Å². The molecule has 0 spiro atoms. The van der Waals surface area contributed by atoms with Crippen LogP contribution in [0, 0.1) is 18.3 Å². The van der Waals surface area contributed by atoms with Crippen LogP contribution in [0.1, 0.15) is 19.8 Å². The van der Waals surface area contributed by atoms with Crippen LogP contribution in [-0.2, 0) is 6.54 Å². The lowest BCUT2D eigenvalue weighted by molar-refractivity contribution is 0.651. The molecule has 2 rings (SSSR count). The summed E-state index contributed by atoms with van der Waals surface area (Å²) in [6.45, 7) is 2.31. The number of aromatic nitrogens is 2. The maximum Gasteiger partial charge on any atom is 0.284 e. The van der Waals surface area contributed by atoms with E-state index in [1.54, 1.807) is 6.20 Å². The Kier molecular flexibility index (Phi) is 3.53. The van der Waals surface area contributed by atoms with E-state index in [2.05, 4.69) is 39.2 Å². The predicted octanol–water partition coefficient (Wildman–Crippen LogP) is 1.85. The molecule has 17 heavy (non-hydrogen) atoms. The Morgan fingerprint density at radius 3 is 3.06 bits per heavy atom. The van der Waals surface area contributed by atoms with E-state index in [0.717, 1.165) is 11.6 Å². The lowest BCUT2D eigenvalue weighted by atomic mass is 10.2. The fourth-order valence-corrected chi connectivity index (χ4v) is 2.15. The predicted molar refractivity (Wildman–Crippen MR) is 70.8 cm³/mol. The number of terminal acetylenes is 1. The van der Waals surface area contributed by atoms with Crippen LogP contribution in [0.3, 0.4) is 0 Å². The zero-order valence-electron chi connectivity index (χ0n) is 9.61. The van der Waals surface area contributed by atoms with Crippen molar-refractivity contribution >= 4 is 21.6 Å². The first-order valence-electron chi connectivity index (χ1n) is 5.59. The van der Waals surface area contributed by atoms with Gasteiger partial charge in [-0.05, 0) is 41.6 Å². The van der Waals surface area contributed by atoms with Crippen molar-refractivity contribution in [1.29, 1.82) is 0 Å². The van der Waals surface area contributed by atoms with Crippen molar-refractivity contribution < 1.29 is 0 Å². The molecule has 0 aromatic carbocycles. The number of hydrogen-bond acceptors (Lipinski definition) is 3. The highest BCUT2D eigenvalue weighted by atomic mass is 79.9. The smallest absolute Gasteiger partial charge is 0.284 e. The van der Waals surface area contributed by atoms with Gasteiger partial charge in [-0.15, -0.1) is 6.42 Å². The zero-order valence-corrected chi connectivity index (χ0v) is 11.2. The fraction of sp³-hybridized carbons (Fsp3) is 0.500. The lowest BCUT2D eigenvalue weighted by Crippen LogP contribution is -2.26. The molecule has 1 heterocycles. The molecule has 4 nitrogen and oxygen atoms in total. The molecule has 1 N–H and O–H groups in total. The van der Waals surface area contributed by atoms with Gasteiger partial charge in [0.2, 0.25) is 0 Å². The fourth-order valence-electron chi connectivity index (χ4n) is 1.72. The average molecular weight is 296 g/mol. The van der Waals surface area contributed by atoms with Crippen molar-refractivity contribution in [3.8, 4) is 12.3 Å². The van der Waals surface area contributed by atoms with Gasteiger partial charge in [0.1, 0.15) is 11.0 Å². The SMILES string of the molecule is C#CCn1ncc(NC(C)C2CC2)c(Br)c1=O. The summed E-state index contributed by atoms with van der Waals surface area (Å²) in [6.07, 6.45) is 9.32. The van der Waals surface area contributed by atoms with E-state index in [4.69, 9.17) is 6.42 Å². The largest absolute Gasteiger partial charge is 0.380 e. The molecule has 1 aliphatic carbocycles. The Morgan fingerprint density at radius 2 is 2.47 bits per heavy atom. The Hall–Kier alpha value is -1.28. The van der Waals surface area contributed by atoms with Gasteiger partial charge in [-0.1, -0.05) is 5.92 Å². The minimum Gasteiger partial charge on any atom is -0.380 e. The maximum absolute atomic E-state index is 11.9. The molecule has 0 bridgehead atoms. The van der Waals surface area contributed by atoms with E-state index in [0.29, 0.717) is 10.5 Å². The van der Waals surface area contributed by atoms with Crippen LogP contribution in [0.4, 0.5) is 5.69 Å². The number of halogens is 1. The quantitative estimate of drug-likeness (QED) is 0.863. The molecular formula is C12H14BrN3O. The van der Waals surface area contributed by atoms with Gasteiger partial charge in [0.25, 0.3) is 5.56 Å². The number of nitrogens with zero attached hydrogens (tertiary/aromatic N) is 2. The second kappa shape index (κ2) is 4.92.